The first-order valence-electron chi connectivity index (χ1n) is 10.8. The van der Waals surface area contributed by atoms with Gasteiger partial charge in [0.05, 0.1) is 23.5 Å². The Morgan fingerprint density at radius 3 is 2.33 bits per heavy atom. The standard InChI is InChI=1S/C23H30N4O5S/c1-26(2)33(30,31)19-10-11-21(27-13-4-3-5-14-27)20(16-19)23(29)25-17-6-8-18(9-7-17)32-15-12-22(24)28/h6-11,16H,3-5,12-15H2,1-2H3,(H2,24,28)(H,25,29). The largest absolute Gasteiger partial charge is 0.493 e. The van der Waals surface area contributed by atoms with Crippen molar-refractivity contribution in [3.8, 4) is 5.75 Å². The molecule has 1 aliphatic rings. The highest BCUT2D eigenvalue weighted by atomic mass is 32.2. The molecule has 10 heteroatoms. The van der Waals surface area contributed by atoms with E-state index in [1.807, 2.05) is 0 Å². The highest BCUT2D eigenvalue weighted by Gasteiger charge is 2.24. The number of ether oxygens (including phenoxy) is 1. The van der Waals surface area contributed by atoms with Crippen molar-refractivity contribution < 1.29 is 22.7 Å². The number of rotatable bonds is 9. The second-order valence-corrected chi connectivity index (χ2v) is 10.2. The molecule has 0 spiro atoms. The summed E-state index contributed by atoms with van der Waals surface area (Å²) in [5, 5.41) is 2.84. The zero-order chi connectivity index (χ0) is 24.0. The molecule has 1 heterocycles. The first-order valence-corrected chi connectivity index (χ1v) is 12.3. The number of carbonyl (C=O) groups excluding carboxylic acids is 2. The quantitative estimate of drug-likeness (QED) is 0.576. The summed E-state index contributed by atoms with van der Waals surface area (Å²) >= 11 is 0. The Kier molecular flexibility index (Phi) is 7.93. The molecule has 2 aromatic rings. The third-order valence-corrected chi connectivity index (χ3v) is 7.23. The van der Waals surface area contributed by atoms with E-state index in [0.29, 0.717) is 17.0 Å². The van der Waals surface area contributed by atoms with E-state index in [1.165, 1.54) is 20.2 Å². The van der Waals surface area contributed by atoms with Gasteiger partial charge in [-0.3, -0.25) is 9.59 Å². The summed E-state index contributed by atoms with van der Waals surface area (Å²) in [6.45, 7) is 1.81. The molecule has 1 aliphatic heterocycles. The number of anilines is 2. The molecule has 0 aromatic heterocycles. The van der Waals surface area contributed by atoms with Crippen molar-refractivity contribution in [3.63, 3.8) is 0 Å². The molecule has 0 atom stereocenters. The number of piperidine rings is 1. The summed E-state index contributed by atoms with van der Waals surface area (Å²) in [4.78, 5) is 26.2. The number of primary amides is 1. The van der Waals surface area contributed by atoms with E-state index in [-0.39, 0.29) is 17.9 Å². The number of hydrogen-bond donors (Lipinski definition) is 2. The van der Waals surface area contributed by atoms with Crippen LogP contribution in [0, 0.1) is 0 Å². The molecular weight excluding hydrogens is 444 g/mol. The average Bonchev–Trinajstić information content (AvgIpc) is 2.80. The Hall–Kier alpha value is -3.11. The van der Waals surface area contributed by atoms with Crippen LogP contribution in [0.15, 0.2) is 47.4 Å². The first kappa shape index (κ1) is 24.5. The number of hydrogen-bond acceptors (Lipinski definition) is 6. The van der Waals surface area contributed by atoms with Gasteiger partial charge in [0.15, 0.2) is 0 Å². The Balaban J connectivity index is 1.84. The fourth-order valence-corrected chi connectivity index (χ4v) is 4.51. The van der Waals surface area contributed by atoms with Gasteiger partial charge in [-0.2, -0.15) is 0 Å². The van der Waals surface area contributed by atoms with Crippen molar-refractivity contribution in [1.29, 1.82) is 0 Å². The summed E-state index contributed by atoms with van der Waals surface area (Å²) in [7, 11) is -0.770. The van der Waals surface area contributed by atoms with Crippen LogP contribution in [0.4, 0.5) is 11.4 Å². The Labute approximate surface area is 194 Å². The Bertz CT molecular complexity index is 1090. The molecule has 33 heavy (non-hydrogen) atoms. The van der Waals surface area contributed by atoms with Crippen molar-refractivity contribution in [1.82, 2.24) is 4.31 Å². The van der Waals surface area contributed by atoms with Crippen LogP contribution in [-0.2, 0) is 14.8 Å². The number of amides is 2. The van der Waals surface area contributed by atoms with Crippen LogP contribution in [0.1, 0.15) is 36.0 Å². The molecule has 3 N–H and O–H groups in total. The van der Waals surface area contributed by atoms with Crippen LogP contribution >= 0.6 is 0 Å². The molecule has 1 saturated heterocycles. The number of benzene rings is 2. The van der Waals surface area contributed by atoms with Gasteiger partial charge in [-0.15, -0.1) is 0 Å². The van der Waals surface area contributed by atoms with E-state index in [0.717, 1.165) is 42.3 Å². The van der Waals surface area contributed by atoms with Crippen LogP contribution in [0.3, 0.4) is 0 Å². The van der Waals surface area contributed by atoms with Crippen molar-refractivity contribution in [3.05, 3.63) is 48.0 Å². The average molecular weight is 475 g/mol. The molecule has 178 valence electrons. The lowest BCUT2D eigenvalue weighted by Crippen LogP contribution is -2.32. The van der Waals surface area contributed by atoms with E-state index in [4.69, 9.17) is 10.5 Å². The van der Waals surface area contributed by atoms with Crippen molar-refractivity contribution in [2.75, 3.05) is 44.0 Å². The Morgan fingerprint density at radius 2 is 1.73 bits per heavy atom. The summed E-state index contributed by atoms with van der Waals surface area (Å²) in [5.74, 6) is -0.294. The second kappa shape index (κ2) is 10.7. The van der Waals surface area contributed by atoms with Gasteiger partial charge >= 0.3 is 0 Å². The lowest BCUT2D eigenvalue weighted by molar-refractivity contribution is -0.118. The number of nitrogens with one attached hydrogen (secondary N) is 1. The molecule has 2 aromatic carbocycles. The van der Waals surface area contributed by atoms with Gasteiger partial charge in [-0.25, -0.2) is 12.7 Å². The SMILES string of the molecule is CN(C)S(=O)(=O)c1ccc(N2CCCCC2)c(C(=O)Nc2ccc(OCCC(N)=O)cc2)c1. The number of carbonyl (C=O) groups is 2. The molecule has 0 unspecified atom stereocenters. The third-order valence-electron chi connectivity index (χ3n) is 5.42. The Morgan fingerprint density at radius 1 is 1.06 bits per heavy atom. The maximum atomic E-state index is 13.2. The third kappa shape index (κ3) is 6.23. The summed E-state index contributed by atoms with van der Waals surface area (Å²) in [5.41, 5.74) is 6.66. The minimum absolute atomic E-state index is 0.0663. The van der Waals surface area contributed by atoms with Crippen LogP contribution in [0.25, 0.3) is 0 Å². The predicted molar refractivity (Wildman–Crippen MR) is 127 cm³/mol. The van der Waals surface area contributed by atoms with Gasteiger partial charge < -0.3 is 20.7 Å². The highest BCUT2D eigenvalue weighted by Crippen LogP contribution is 2.29. The van der Waals surface area contributed by atoms with Crippen molar-refractivity contribution in [2.24, 2.45) is 5.73 Å². The molecule has 0 radical (unpaired) electrons. The van der Waals surface area contributed by atoms with Crippen molar-refractivity contribution in [2.45, 2.75) is 30.6 Å². The molecule has 0 saturated carbocycles. The van der Waals surface area contributed by atoms with Crippen LogP contribution in [-0.4, -0.2) is 58.3 Å². The lowest BCUT2D eigenvalue weighted by Gasteiger charge is -2.30. The number of sulfonamides is 1. The van der Waals surface area contributed by atoms with Gasteiger partial charge in [-0.1, -0.05) is 0 Å². The fourth-order valence-electron chi connectivity index (χ4n) is 3.58. The second-order valence-electron chi connectivity index (χ2n) is 8.06. The summed E-state index contributed by atoms with van der Waals surface area (Å²) < 4.78 is 31.9. The molecule has 0 aliphatic carbocycles. The van der Waals surface area contributed by atoms with E-state index in [9.17, 15) is 18.0 Å². The fraction of sp³-hybridized carbons (Fsp3) is 0.391. The predicted octanol–water partition coefficient (Wildman–Crippen LogP) is 2.43. The lowest BCUT2D eigenvalue weighted by atomic mass is 10.1. The van der Waals surface area contributed by atoms with E-state index >= 15 is 0 Å². The molecular formula is C23H30N4O5S. The number of nitrogens with zero attached hydrogens (tertiary/aromatic N) is 2. The van der Waals surface area contributed by atoms with Gasteiger partial charge in [0, 0.05) is 38.6 Å². The van der Waals surface area contributed by atoms with Gasteiger partial charge in [0.2, 0.25) is 15.9 Å². The van der Waals surface area contributed by atoms with Crippen LogP contribution in [0.2, 0.25) is 0 Å². The highest BCUT2D eigenvalue weighted by molar-refractivity contribution is 7.89. The van der Waals surface area contributed by atoms with E-state index in [2.05, 4.69) is 10.2 Å². The smallest absolute Gasteiger partial charge is 0.257 e. The molecule has 0 bridgehead atoms. The summed E-state index contributed by atoms with van der Waals surface area (Å²) in [6, 6.07) is 11.4. The first-order chi connectivity index (χ1) is 15.7. The van der Waals surface area contributed by atoms with Gasteiger partial charge in [-0.05, 0) is 61.7 Å². The van der Waals surface area contributed by atoms with Crippen LogP contribution < -0.4 is 20.7 Å². The van der Waals surface area contributed by atoms with Crippen molar-refractivity contribution >= 4 is 33.2 Å². The van der Waals surface area contributed by atoms with Gasteiger partial charge in [0.25, 0.3) is 5.91 Å². The molecule has 2 amide bonds. The minimum Gasteiger partial charge on any atom is -0.493 e. The van der Waals surface area contributed by atoms with Crippen LogP contribution in [0.5, 0.6) is 5.75 Å². The monoisotopic (exact) mass is 474 g/mol. The van der Waals surface area contributed by atoms with E-state index in [1.54, 1.807) is 36.4 Å². The maximum absolute atomic E-state index is 13.2. The molecule has 9 nitrogen and oxygen atoms in total. The zero-order valence-corrected chi connectivity index (χ0v) is 19.7. The normalized spacial score (nSPS) is 14.2. The summed E-state index contributed by atoms with van der Waals surface area (Å²) in [6.07, 6.45) is 3.30. The van der Waals surface area contributed by atoms with E-state index < -0.39 is 21.8 Å². The molecule has 3 rings (SSSR count). The zero-order valence-electron chi connectivity index (χ0n) is 18.9. The number of nitrogens with two attached hydrogens (primary N) is 1. The maximum Gasteiger partial charge on any atom is 0.257 e. The minimum atomic E-state index is -3.69. The topological polar surface area (TPSA) is 122 Å². The molecule has 1 fully saturated rings. The van der Waals surface area contributed by atoms with Gasteiger partial charge in [0.1, 0.15) is 5.75 Å².